The Bertz CT molecular complexity index is 656. The molecule has 3 rings (SSSR count). The first-order chi connectivity index (χ1) is 10.9. The van der Waals surface area contributed by atoms with Crippen molar-refractivity contribution in [3.05, 3.63) is 18.0 Å². The van der Waals surface area contributed by atoms with Crippen LogP contribution < -0.4 is 0 Å². The molecule has 23 heavy (non-hydrogen) atoms. The van der Waals surface area contributed by atoms with Crippen molar-refractivity contribution in [3.8, 4) is 0 Å². The van der Waals surface area contributed by atoms with Crippen molar-refractivity contribution in [1.82, 2.24) is 20.0 Å². The van der Waals surface area contributed by atoms with Gasteiger partial charge in [0, 0.05) is 37.7 Å². The molecule has 0 aliphatic carbocycles. The van der Waals surface area contributed by atoms with Crippen LogP contribution in [0.5, 0.6) is 0 Å². The fourth-order valence-corrected chi connectivity index (χ4v) is 6.26. The summed E-state index contributed by atoms with van der Waals surface area (Å²) in [6, 6.07) is 0.0220. The van der Waals surface area contributed by atoms with Gasteiger partial charge in [-0.2, -0.15) is 5.10 Å². The lowest BCUT2D eigenvalue weighted by molar-refractivity contribution is -0.130. The first-order valence-electron chi connectivity index (χ1n) is 8.02. The smallest absolute Gasteiger partial charge is 0.222 e. The van der Waals surface area contributed by atoms with Crippen molar-refractivity contribution >= 4 is 15.7 Å². The third-order valence-electron chi connectivity index (χ3n) is 5.09. The summed E-state index contributed by atoms with van der Waals surface area (Å²) >= 11 is 0. The Labute approximate surface area is 137 Å². The van der Waals surface area contributed by atoms with Crippen LogP contribution in [0.25, 0.3) is 0 Å². The van der Waals surface area contributed by atoms with E-state index in [1.807, 2.05) is 25.2 Å². The van der Waals surface area contributed by atoms with E-state index in [2.05, 4.69) is 10.2 Å². The Morgan fingerprint density at radius 2 is 2.22 bits per heavy atom. The van der Waals surface area contributed by atoms with E-state index in [9.17, 15) is 13.2 Å². The molecule has 128 valence electrons. The molecule has 2 saturated heterocycles. The molecule has 0 spiro atoms. The molecule has 0 radical (unpaired) electrons. The van der Waals surface area contributed by atoms with Gasteiger partial charge in [0.05, 0.1) is 17.2 Å². The zero-order chi connectivity index (χ0) is 16.6. The maximum atomic E-state index is 12.4. The molecule has 1 aromatic heterocycles. The minimum atomic E-state index is -3.09. The van der Waals surface area contributed by atoms with Crippen molar-refractivity contribution in [2.24, 2.45) is 5.92 Å². The third-order valence-corrected chi connectivity index (χ3v) is 7.32. The molecule has 1 aromatic rings. The largest absolute Gasteiger partial charge is 0.341 e. The second-order valence-electron chi connectivity index (χ2n) is 6.82. The fourth-order valence-electron chi connectivity index (χ4n) is 3.79. The number of aromatic nitrogens is 2. The highest BCUT2D eigenvalue weighted by Gasteiger charge is 2.53. The molecule has 0 aromatic carbocycles. The molecular formula is C15H24N4O3S. The van der Waals surface area contributed by atoms with Crippen LogP contribution in [0.3, 0.4) is 0 Å². The van der Waals surface area contributed by atoms with E-state index >= 15 is 0 Å². The minimum Gasteiger partial charge on any atom is -0.341 e. The Hall–Kier alpha value is -1.41. The molecule has 3 atom stereocenters. The van der Waals surface area contributed by atoms with Crippen LogP contribution in [0, 0.1) is 5.92 Å². The second-order valence-corrected chi connectivity index (χ2v) is 9.09. The van der Waals surface area contributed by atoms with E-state index < -0.39 is 9.84 Å². The number of aryl methyl sites for hydroxylation is 1. The lowest BCUT2D eigenvalue weighted by atomic mass is 10.00. The summed E-state index contributed by atoms with van der Waals surface area (Å²) in [5.74, 6) is 0.334. The first kappa shape index (κ1) is 16.4. The fraction of sp³-hybridized carbons (Fsp3) is 0.733. The van der Waals surface area contributed by atoms with Gasteiger partial charge in [-0.25, -0.2) is 8.42 Å². The number of fused-ring (bicyclic) bond motifs is 1. The Balaban J connectivity index is 1.57. The molecule has 0 unspecified atom stereocenters. The first-order valence-corrected chi connectivity index (χ1v) is 9.73. The molecule has 0 saturated carbocycles. The summed E-state index contributed by atoms with van der Waals surface area (Å²) in [5, 5.41) is 6.26. The Kier molecular flexibility index (Phi) is 4.46. The molecule has 0 bridgehead atoms. The highest BCUT2D eigenvalue weighted by molar-refractivity contribution is 7.92. The molecule has 2 aliphatic rings. The van der Waals surface area contributed by atoms with Crippen molar-refractivity contribution in [1.29, 1.82) is 0 Å². The van der Waals surface area contributed by atoms with E-state index in [4.69, 9.17) is 0 Å². The third kappa shape index (κ3) is 3.28. The number of carbonyl (C=O) groups is 1. The van der Waals surface area contributed by atoms with Crippen LogP contribution >= 0.6 is 0 Å². The number of hydrogen-bond donors (Lipinski definition) is 1. The summed E-state index contributed by atoms with van der Waals surface area (Å²) in [6.45, 7) is 0.930. The van der Waals surface area contributed by atoms with E-state index in [0.29, 0.717) is 19.5 Å². The van der Waals surface area contributed by atoms with Gasteiger partial charge < -0.3 is 9.80 Å². The number of H-pyrrole nitrogens is 1. The van der Waals surface area contributed by atoms with Crippen LogP contribution in [0.1, 0.15) is 18.4 Å². The van der Waals surface area contributed by atoms with Crippen molar-refractivity contribution in [3.63, 3.8) is 0 Å². The van der Waals surface area contributed by atoms with Gasteiger partial charge in [0.25, 0.3) is 0 Å². The number of carbonyl (C=O) groups excluding carboxylic acids is 1. The molecule has 3 heterocycles. The highest BCUT2D eigenvalue weighted by atomic mass is 32.2. The normalized spacial score (nSPS) is 29.2. The van der Waals surface area contributed by atoms with Crippen LogP contribution in [0.2, 0.25) is 0 Å². The number of aromatic amines is 1. The number of rotatable bonds is 5. The molecule has 8 heteroatoms. The number of hydrogen-bond acceptors (Lipinski definition) is 5. The second kappa shape index (κ2) is 6.24. The van der Waals surface area contributed by atoms with Gasteiger partial charge in [0.15, 0.2) is 9.84 Å². The minimum absolute atomic E-state index is 0.0220. The van der Waals surface area contributed by atoms with Gasteiger partial charge in [-0.15, -0.1) is 0 Å². The lowest BCUT2D eigenvalue weighted by Gasteiger charge is -2.25. The molecule has 2 aliphatic heterocycles. The predicted molar refractivity (Wildman–Crippen MR) is 86.6 cm³/mol. The van der Waals surface area contributed by atoms with E-state index in [0.717, 1.165) is 18.4 Å². The maximum Gasteiger partial charge on any atom is 0.222 e. The van der Waals surface area contributed by atoms with E-state index in [1.54, 1.807) is 11.1 Å². The van der Waals surface area contributed by atoms with Gasteiger partial charge in [-0.3, -0.25) is 9.89 Å². The highest BCUT2D eigenvalue weighted by Crippen LogP contribution is 2.36. The quantitative estimate of drug-likeness (QED) is 0.810. The monoisotopic (exact) mass is 340 g/mol. The van der Waals surface area contributed by atoms with E-state index in [-0.39, 0.29) is 28.9 Å². The standard InChI is InChI=1S/C15H24N4O3S/c1-18(2)13-10-23(21,22)14-9-19(8-12(13)14)15(20)5-3-4-11-6-16-17-7-11/h6-7,12-14H,3-5,8-10H2,1-2H3,(H,16,17)/t12-,13+,14-/m0/s1. The van der Waals surface area contributed by atoms with Crippen molar-refractivity contribution in [2.75, 3.05) is 32.9 Å². The zero-order valence-corrected chi connectivity index (χ0v) is 14.4. The number of nitrogens with zero attached hydrogens (tertiary/aromatic N) is 3. The summed E-state index contributed by atoms with van der Waals surface area (Å²) in [7, 11) is 0.741. The van der Waals surface area contributed by atoms with Crippen molar-refractivity contribution < 1.29 is 13.2 Å². The predicted octanol–water partition coefficient (Wildman–Crippen LogP) is -0.0820. The van der Waals surface area contributed by atoms with Crippen LogP contribution in [0.15, 0.2) is 12.4 Å². The zero-order valence-electron chi connectivity index (χ0n) is 13.6. The molecule has 1 amide bonds. The van der Waals surface area contributed by atoms with Crippen LogP contribution in [-0.2, 0) is 21.1 Å². The number of nitrogens with one attached hydrogen (secondary N) is 1. The average Bonchev–Trinajstić information content (AvgIpc) is 3.17. The number of amides is 1. The maximum absolute atomic E-state index is 12.4. The SMILES string of the molecule is CN(C)[C@@H]1CS(=O)(=O)[C@H]2CN(C(=O)CCCc3cn[nH]c3)C[C@@H]12. The summed E-state index contributed by atoms with van der Waals surface area (Å²) in [4.78, 5) is 16.1. The van der Waals surface area contributed by atoms with Gasteiger partial charge >= 0.3 is 0 Å². The number of sulfone groups is 1. The lowest BCUT2D eigenvalue weighted by Crippen LogP contribution is -2.38. The van der Waals surface area contributed by atoms with Gasteiger partial charge in [-0.1, -0.05) is 0 Å². The van der Waals surface area contributed by atoms with E-state index in [1.165, 1.54) is 0 Å². The summed E-state index contributed by atoms with van der Waals surface area (Å²) < 4.78 is 24.6. The van der Waals surface area contributed by atoms with Gasteiger partial charge in [-0.05, 0) is 32.5 Å². The molecular weight excluding hydrogens is 316 g/mol. The average molecular weight is 340 g/mol. The Morgan fingerprint density at radius 3 is 2.87 bits per heavy atom. The molecule has 1 N–H and O–H groups in total. The summed E-state index contributed by atoms with van der Waals surface area (Å²) in [5.41, 5.74) is 1.09. The van der Waals surface area contributed by atoms with Gasteiger partial charge in [0.1, 0.15) is 0 Å². The van der Waals surface area contributed by atoms with Crippen molar-refractivity contribution in [2.45, 2.75) is 30.6 Å². The van der Waals surface area contributed by atoms with Crippen LogP contribution in [-0.4, -0.2) is 78.6 Å². The summed E-state index contributed by atoms with van der Waals surface area (Å²) in [6.07, 6.45) is 5.62. The van der Waals surface area contributed by atoms with Crippen LogP contribution in [0.4, 0.5) is 0 Å². The number of likely N-dealkylation sites (tertiary alicyclic amines) is 1. The molecule has 7 nitrogen and oxygen atoms in total. The molecule has 2 fully saturated rings. The Morgan fingerprint density at radius 1 is 1.43 bits per heavy atom. The topological polar surface area (TPSA) is 86.4 Å². The van der Waals surface area contributed by atoms with Gasteiger partial charge in [0.2, 0.25) is 5.91 Å².